The van der Waals surface area contributed by atoms with E-state index in [2.05, 4.69) is 4.99 Å². The van der Waals surface area contributed by atoms with E-state index in [1.807, 2.05) is 0 Å². The SMILES string of the molecule is Cn1c2c(c(=O)n(C)c1=O)CC(SCc1c(Cl)cccc1Cl)=N2. The largest absolute Gasteiger partial charge is 0.332 e. The average molecular weight is 370 g/mol. The Morgan fingerprint density at radius 1 is 1.17 bits per heavy atom. The van der Waals surface area contributed by atoms with Gasteiger partial charge in [0.15, 0.2) is 0 Å². The molecule has 5 nitrogen and oxygen atoms in total. The third-order valence-corrected chi connectivity index (χ3v) is 5.44. The Kier molecular flexibility index (Phi) is 4.40. The topological polar surface area (TPSA) is 56.4 Å². The molecule has 0 fully saturated rings. The van der Waals surface area contributed by atoms with Gasteiger partial charge in [0.2, 0.25) is 0 Å². The molecule has 8 heteroatoms. The quantitative estimate of drug-likeness (QED) is 0.817. The zero-order valence-corrected chi connectivity index (χ0v) is 14.8. The minimum absolute atomic E-state index is 0.293. The van der Waals surface area contributed by atoms with E-state index < -0.39 is 0 Å². The lowest BCUT2D eigenvalue weighted by molar-refractivity contribution is 0.682. The normalized spacial score (nSPS) is 13.1. The second kappa shape index (κ2) is 6.19. The summed E-state index contributed by atoms with van der Waals surface area (Å²) in [7, 11) is 3.09. The van der Waals surface area contributed by atoms with Gasteiger partial charge in [-0.2, -0.15) is 0 Å². The van der Waals surface area contributed by atoms with Gasteiger partial charge in [0.25, 0.3) is 5.56 Å². The van der Waals surface area contributed by atoms with Crippen LogP contribution in [0.3, 0.4) is 0 Å². The molecule has 0 amide bonds. The van der Waals surface area contributed by atoms with Crippen LogP contribution in [0.5, 0.6) is 0 Å². The fraction of sp³-hybridized carbons (Fsp3) is 0.267. The van der Waals surface area contributed by atoms with Gasteiger partial charge in [-0.1, -0.05) is 29.3 Å². The third kappa shape index (κ3) is 2.86. The zero-order valence-electron chi connectivity index (χ0n) is 12.5. The number of halogens is 2. The molecule has 3 rings (SSSR count). The van der Waals surface area contributed by atoms with Crippen LogP contribution in [0.2, 0.25) is 10.0 Å². The van der Waals surface area contributed by atoms with Crippen LogP contribution < -0.4 is 11.2 Å². The maximum atomic E-state index is 12.2. The van der Waals surface area contributed by atoms with Gasteiger partial charge >= 0.3 is 5.69 Å². The Labute approximate surface area is 146 Å². The maximum Gasteiger partial charge on any atom is 0.332 e. The van der Waals surface area contributed by atoms with Gasteiger partial charge in [-0.05, 0) is 17.7 Å². The van der Waals surface area contributed by atoms with E-state index in [1.165, 1.54) is 23.4 Å². The summed E-state index contributed by atoms with van der Waals surface area (Å²) >= 11 is 13.8. The lowest BCUT2D eigenvalue weighted by Crippen LogP contribution is -2.38. The van der Waals surface area contributed by atoms with E-state index in [0.29, 0.717) is 33.6 Å². The van der Waals surface area contributed by atoms with Crippen LogP contribution in [0.25, 0.3) is 0 Å². The van der Waals surface area contributed by atoms with Crippen molar-refractivity contribution in [3.8, 4) is 0 Å². The summed E-state index contributed by atoms with van der Waals surface area (Å²) in [5.74, 6) is 0.991. The number of hydrogen-bond acceptors (Lipinski definition) is 4. The summed E-state index contributed by atoms with van der Waals surface area (Å²) in [4.78, 5) is 28.6. The van der Waals surface area contributed by atoms with Gasteiger partial charge in [0.1, 0.15) is 5.82 Å². The molecule has 1 aliphatic heterocycles. The second-order valence-corrected chi connectivity index (χ2v) is 7.04. The molecule has 23 heavy (non-hydrogen) atoms. The maximum absolute atomic E-state index is 12.2. The predicted molar refractivity (Wildman–Crippen MR) is 95.5 cm³/mol. The number of aliphatic imine (C=N–C) groups is 1. The highest BCUT2D eigenvalue weighted by Crippen LogP contribution is 2.32. The molecule has 0 spiro atoms. The predicted octanol–water partition coefficient (Wildman–Crippen LogP) is 2.91. The third-order valence-electron chi connectivity index (χ3n) is 3.73. The lowest BCUT2D eigenvalue weighted by Gasteiger charge is -2.06. The Hall–Kier alpha value is -1.50. The summed E-state index contributed by atoms with van der Waals surface area (Å²) < 4.78 is 2.50. The molecule has 2 aromatic rings. The first-order chi connectivity index (χ1) is 10.9. The van der Waals surface area contributed by atoms with Crippen molar-refractivity contribution in [2.24, 2.45) is 19.1 Å². The summed E-state index contributed by atoms with van der Waals surface area (Å²) in [6.45, 7) is 0. The molecule has 0 saturated carbocycles. The molecule has 1 aromatic carbocycles. The molecule has 1 aliphatic rings. The summed E-state index contributed by atoms with van der Waals surface area (Å²) in [6.07, 6.45) is 0.420. The number of fused-ring (bicyclic) bond motifs is 1. The van der Waals surface area contributed by atoms with Crippen LogP contribution in [0.1, 0.15) is 11.1 Å². The van der Waals surface area contributed by atoms with E-state index in [4.69, 9.17) is 23.2 Å². The standard InChI is InChI=1S/C15H13Cl2N3O2S/c1-19-13-8(14(21)20(2)15(19)22)6-12(18-13)23-7-9-10(16)4-3-5-11(9)17/h3-5H,6-7H2,1-2H3. The molecular weight excluding hydrogens is 357 g/mol. The van der Waals surface area contributed by atoms with Gasteiger partial charge in [0, 0.05) is 36.3 Å². The lowest BCUT2D eigenvalue weighted by atomic mass is 10.2. The Morgan fingerprint density at radius 3 is 2.48 bits per heavy atom. The average Bonchev–Trinajstić information content (AvgIpc) is 2.95. The van der Waals surface area contributed by atoms with Crippen molar-refractivity contribution in [3.05, 3.63) is 60.2 Å². The molecule has 1 aromatic heterocycles. The van der Waals surface area contributed by atoms with Crippen molar-refractivity contribution >= 4 is 45.8 Å². The van der Waals surface area contributed by atoms with Crippen molar-refractivity contribution in [1.82, 2.24) is 9.13 Å². The van der Waals surface area contributed by atoms with Crippen LogP contribution in [0.4, 0.5) is 5.82 Å². The molecule has 120 valence electrons. The first-order valence-corrected chi connectivity index (χ1v) is 8.56. The van der Waals surface area contributed by atoms with Crippen LogP contribution in [0, 0.1) is 0 Å². The fourth-order valence-electron chi connectivity index (χ4n) is 2.42. The van der Waals surface area contributed by atoms with Crippen molar-refractivity contribution in [1.29, 1.82) is 0 Å². The van der Waals surface area contributed by atoms with Crippen LogP contribution in [-0.4, -0.2) is 14.2 Å². The first kappa shape index (κ1) is 16.4. The molecule has 0 aliphatic carbocycles. The molecule has 0 saturated heterocycles. The molecule has 0 atom stereocenters. The number of benzene rings is 1. The number of thioether (sulfide) groups is 1. The monoisotopic (exact) mass is 369 g/mol. The van der Waals surface area contributed by atoms with Gasteiger partial charge in [-0.3, -0.25) is 13.9 Å². The molecule has 0 unspecified atom stereocenters. The zero-order chi connectivity index (χ0) is 16.7. The van der Waals surface area contributed by atoms with E-state index in [0.717, 1.165) is 15.2 Å². The van der Waals surface area contributed by atoms with Gasteiger partial charge < -0.3 is 0 Å². The van der Waals surface area contributed by atoms with E-state index >= 15 is 0 Å². The smallest absolute Gasteiger partial charge is 0.281 e. The molecule has 2 heterocycles. The fourth-order valence-corrected chi connectivity index (χ4v) is 4.13. The summed E-state index contributed by atoms with van der Waals surface area (Å²) in [5.41, 5.74) is 0.708. The van der Waals surface area contributed by atoms with Crippen molar-refractivity contribution in [2.45, 2.75) is 12.2 Å². The van der Waals surface area contributed by atoms with Crippen LogP contribution in [0.15, 0.2) is 32.8 Å². The number of aromatic nitrogens is 2. The van der Waals surface area contributed by atoms with Crippen LogP contribution >= 0.6 is 35.0 Å². The van der Waals surface area contributed by atoms with Crippen molar-refractivity contribution in [2.75, 3.05) is 0 Å². The van der Waals surface area contributed by atoms with E-state index in [9.17, 15) is 9.59 Å². The Morgan fingerprint density at radius 2 is 1.83 bits per heavy atom. The molecular formula is C15H13Cl2N3O2S. The van der Waals surface area contributed by atoms with Crippen molar-refractivity contribution < 1.29 is 0 Å². The minimum atomic E-state index is -0.377. The number of rotatable bonds is 2. The van der Waals surface area contributed by atoms with Gasteiger partial charge in [0.05, 0.1) is 10.6 Å². The molecule has 0 radical (unpaired) electrons. The summed E-state index contributed by atoms with van der Waals surface area (Å²) in [6, 6.07) is 5.36. The summed E-state index contributed by atoms with van der Waals surface area (Å²) in [5, 5.41) is 1.98. The minimum Gasteiger partial charge on any atom is -0.281 e. The Bertz CT molecular complexity index is 927. The number of nitrogens with zero attached hydrogens (tertiary/aromatic N) is 3. The highest BCUT2D eigenvalue weighted by atomic mass is 35.5. The highest BCUT2D eigenvalue weighted by molar-refractivity contribution is 8.13. The number of hydrogen-bond donors (Lipinski definition) is 0. The molecule has 0 bridgehead atoms. The molecule has 0 N–H and O–H groups in total. The van der Waals surface area contributed by atoms with E-state index in [1.54, 1.807) is 25.2 Å². The van der Waals surface area contributed by atoms with Crippen LogP contribution in [-0.2, 0) is 26.3 Å². The van der Waals surface area contributed by atoms with Gasteiger partial charge in [-0.25, -0.2) is 9.79 Å². The van der Waals surface area contributed by atoms with Crippen molar-refractivity contribution in [3.63, 3.8) is 0 Å². The van der Waals surface area contributed by atoms with Gasteiger partial charge in [-0.15, -0.1) is 11.8 Å². The first-order valence-electron chi connectivity index (χ1n) is 6.82. The Balaban J connectivity index is 1.88. The second-order valence-electron chi connectivity index (χ2n) is 5.18. The van der Waals surface area contributed by atoms with E-state index in [-0.39, 0.29) is 11.2 Å². The highest BCUT2D eigenvalue weighted by Gasteiger charge is 2.23.